The molecule has 1 aromatic rings. The molecule has 1 aliphatic heterocycles. The van der Waals surface area contributed by atoms with Gasteiger partial charge in [-0.15, -0.1) is 0 Å². The fourth-order valence-corrected chi connectivity index (χ4v) is 5.26. The van der Waals surface area contributed by atoms with Gasteiger partial charge in [0.05, 0.1) is 0 Å². The zero-order chi connectivity index (χ0) is 25.0. The quantitative estimate of drug-likeness (QED) is 0.227. The molecule has 1 heterocycles. The number of nitrogens with one attached hydrogen (secondary N) is 1. The molecule has 3 rings (SSSR count). The van der Waals surface area contributed by atoms with Gasteiger partial charge in [-0.05, 0) is 90.5 Å². The van der Waals surface area contributed by atoms with Crippen LogP contribution in [-0.4, -0.2) is 41.3 Å². The average Bonchev–Trinajstić information content (AvgIpc) is 3.40. The van der Waals surface area contributed by atoms with Crippen molar-refractivity contribution in [3.63, 3.8) is 0 Å². The topological polar surface area (TPSA) is 61.6 Å². The summed E-state index contributed by atoms with van der Waals surface area (Å²) < 4.78 is 5.97. The van der Waals surface area contributed by atoms with E-state index in [0.717, 1.165) is 62.6 Å². The first-order valence-electron chi connectivity index (χ1n) is 12.9. The van der Waals surface area contributed by atoms with Crippen molar-refractivity contribution in [3.8, 4) is 11.5 Å². The van der Waals surface area contributed by atoms with Crippen LogP contribution in [-0.2, 0) is 6.42 Å². The van der Waals surface area contributed by atoms with E-state index in [2.05, 4.69) is 43.8 Å². The SMILES string of the molecule is C=C(C)[C@@H]1CCC(C)=C[C@H]1c1c(O)cc(CCCCC)cc1OC(=O)NC(C)(C)CC1CN1C. The summed E-state index contributed by atoms with van der Waals surface area (Å²) in [7, 11) is 2.09. The molecule has 5 heteroatoms. The van der Waals surface area contributed by atoms with Gasteiger partial charge in [0, 0.05) is 29.6 Å². The summed E-state index contributed by atoms with van der Waals surface area (Å²) in [6.07, 6.45) is 8.77. The van der Waals surface area contributed by atoms with E-state index in [0.29, 0.717) is 17.4 Å². The second-order valence-corrected chi connectivity index (χ2v) is 11.2. The van der Waals surface area contributed by atoms with Gasteiger partial charge in [-0.25, -0.2) is 4.79 Å². The number of aromatic hydroxyl groups is 1. The molecule has 34 heavy (non-hydrogen) atoms. The van der Waals surface area contributed by atoms with Crippen LogP contribution >= 0.6 is 0 Å². The highest BCUT2D eigenvalue weighted by molar-refractivity contribution is 5.72. The van der Waals surface area contributed by atoms with Gasteiger partial charge in [-0.1, -0.05) is 43.6 Å². The van der Waals surface area contributed by atoms with Crippen LogP contribution in [0.5, 0.6) is 11.5 Å². The molecule has 2 aliphatic rings. The largest absolute Gasteiger partial charge is 0.507 e. The predicted molar refractivity (Wildman–Crippen MR) is 140 cm³/mol. The highest BCUT2D eigenvalue weighted by Crippen LogP contribution is 2.47. The summed E-state index contributed by atoms with van der Waals surface area (Å²) in [5.41, 5.74) is 3.69. The molecule has 0 aromatic heterocycles. The summed E-state index contributed by atoms with van der Waals surface area (Å²) in [5.74, 6) is 0.808. The van der Waals surface area contributed by atoms with Crippen molar-refractivity contribution in [1.82, 2.24) is 10.2 Å². The highest BCUT2D eigenvalue weighted by atomic mass is 16.6. The number of phenols is 1. The van der Waals surface area contributed by atoms with Crippen LogP contribution in [0, 0.1) is 5.92 Å². The van der Waals surface area contributed by atoms with Gasteiger partial charge in [-0.2, -0.15) is 0 Å². The fourth-order valence-electron chi connectivity index (χ4n) is 5.26. The lowest BCUT2D eigenvalue weighted by Crippen LogP contribution is -2.46. The lowest BCUT2D eigenvalue weighted by atomic mass is 9.73. The minimum Gasteiger partial charge on any atom is -0.507 e. The molecular weight excluding hydrogens is 424 g/mol. The smallest absolute Gasteiger partial charge is 0.413 e. The number of rotatable bonds is 10. The number of carbonyl (C=O) groups excluding carboxylic acids is 1. The third-order valence-corrected chi connectivity index (χ3v) is 7.34. The Kier molecular flexibility index (Phi) is 8.51. The van der Waals surface area contributed by atoms with Crippen molar-refractivity contribution in [2.45, 2.75) is 97.1 Å². The molecule has 1 saturated heterocycles. The molecule has 1 amide bonds. The summed E-state index contributed by atoms with van der Waals surface area (Å²) in [5, 5.41) is 14.3. The number of ether oxygens (including phenoxy) is 1. The van der Waals surface area contributed by atoms with E-state index < -0.39 is 6.09 Å². The number of nitrogens with zero attached hydrogens (tertiary/aromatic N) is 1. The molecule has 2 unspecified atom stereocenters. The summed E-state index contributed by atoms with van der Waals surface area (Å²) in [6, 6.07) is 4.32. The second kappa shape index (κ2) is 11.0. The number of benzene rings is 1. The Labute approximate surface area is 206 Å². The number of hydrogen-bond acceptors (Lipinski definition) is 4. The zero-order valence-electron chi connectivity index (χ0n) is 22.0. The van der Waals surface area contributed by atoms with Gasteiger partial charge in [-0.3, -0.25) is 0 Å². The third-order valence-electron chi connectivity index (χ3n) is 7.34. The Balaban J connectivity index is 1.91. The summed E-state index contributed by atoms with van der Waals surface area (Å²) in [4.78, 5) is 15.3. The standard InChI is InChI=1S/C29H44N2O3/c1-8-9-10-11-21-15-25(32)27(24-14-20(4)12-13-23(24)19(2)3)26(16-21)34-28(33)30-29(5,6)17-22-18-31(22)7/h14-16,22-24,32H,2,8-13,17-18H2,1,3-7H3,(H,30,33)/t22?,23-,24+,31?/m0/s1. The van der Waals surface area contributed by atoms with E-state index in [1.165, 1.54) is 5.57 Å². The van der Waals surface area contributed by atoms with E-state index >= 15 is 0 Å². The molecule has 0 bridgehead atoms. The van der Waals surface area contributed by atoms with E-state index in [1.807, 2.05) is 32.9 Å². The molecule has 5 nitrogen and oxygen atoms in total. The third kappa shape index (κ3) is 6.88. The summed E-state index contributed by atoms with van der Waals surface area (Å²) in [6.45, 7) is 15.7. The van der Waals surface area contributed by atoms with Crippen molar-refractivity contribution in [2.24, 2.45) is 5.92 Å². The Morgan fingerprint density at radius 1 is 1.32 bits per heavy atom. The Hall–Kier alpha value is -2.27. The second-order valence-electron chi connectivity index (χ2n) is 11.2. The maximum atomic E-state index is 13.0. The number of amides is 1. The lowest BCUT2D eigenvalue weighted by molar-refractivity contribution is 0.185. The van der Waals surface area contributed by atoms with Crippen LogP contribution in [0.25, 0.3) is 0 Å². The van der Waals surface area contributed by atoms with Crippen LogP contribution in [0.2, 0.25) is 0 Å². The van der Waals surface area contributed by atoms with Crippen molar-refractivity contribution < 1.29 is 14.6 Å². The summed E-state index contributed by atoms with van der Waals surface area (Å²) >= 11 is 0. The van der Waals surface area contributed by atoms with Gasteiger partial charge >= 0.3 is 6.09 Å². The van der Waals surface area contributed by atoms with Crippen molar-refractivity contribution in [2.75, 3.05) is 13.6 Å². The molecule has 0 saturated carbocycles. The van der Waals surface area contributed by atoms with Gasteiger partial charge in [0.1, 0.15) is 11.5 Å². The molecule has 2 N–H and O–H groups in total. The number of likely N-dealkylation sites (N-methyl/N-ethyl adjacent to an activating group) is 1. The molecule has 1 aromatic carbocycles. The Morgan fingerprint density at radius 2 is 2.03 bits per heavy atom. The predicted octanol–water partition coefficient (Wildman–Crippen LogP) is 6.71. The van der Waals surface area contributed by atoms with E-state index in [4.69, 9.17) is 4.74 Å². The van der Waals surface area contributed by atoms with Gasteiger partial charge in [0.25, 0.3) is 0 Å². The molecule has 0 spiro atoms. The molecule has 0 radical (unpaired) electrons. The monoisotopic (exact) mass is 468 g/mol. The minimum absolute atomic E-state index is 0.0631. The number of unbranched alkanes of at least 4 members (excludes halogenated alkanes) is 2. The Bertz CT molecular complexity index is 934. The normalized spacial score (nSPS) is 24.4. The number of hydrogen-bond donors (Lipinski definition) is 2. The number of carbonyl (C=O) groups is 1. The van der Waals surface area contributed by atoms with Crippen LogP contribution in [0.3, 0.4) is 0 Å². The minimum atomic E-state index is -0.469. The maximum Gasteiger partial charge on any atom is 0.413 e. The molecule has 1 fully saturated rings. The lowest BCUT2D eigenvalue weighted by Gasteiger charge is -2.32. The van der Waals surface area contributed by atoms with Gasteiger partial charge in [0.2, 0.25) is 0 Å². The van der Waals surface area contributed by atoms with Crippen LogP contribution in [0.15, 0.2) is 35.9 Å². The first kappa shape index (κ1) is 26.3. The van der Waals surface area contributed by atoms with Gasteiger partial charge < -0.3 is 20.1 Å². The first-order chi connectivity index (χ1) is 16.0. The van der Waals surface area contributed by atoms with Crippen LogP contribution in [0.1, 0.15) is 90.2 Å². The van der Waals surface area contributed by atoms with Crippen LogP contribution in [0.4, 0.5) is 4.79 Å². The van der Waals surface area contributed by atoms with Crippen molar-refractivity contribution in [1.29, 1.82) is 0 Å². The molecular formula is C29H44N2O3. The molecule has 1 aliphatic carbocycles. The zero-order valence-corrected chi connectivity index (χ0v) is 22.0. The van der Waals surface area contributed by atoms with Gasteiger partial charge in [0.15, 0.2) is 0 Å². The van der Waals surface area contributed by atoms with E-state index in [1.54, 1.807) is 0 Å². The highest BCUT2D eigenvalue weighted by Gasteiger charge is 2.37. The first-order valence-corrected chi connectivity index (χ1v) is 12.9. The number of allylic oxidation sites excluding steroid dienone is 3. The van der Waals surface area contributed by atoms with E-state index in [9.17, 15) is 9.90 Å². The molecule has 4 atom stereocenters. The van der Waals surface area contributed by atoms with E-state index in [-0.39, 0.29) is 23.1 Å². The number of phenolic OH excluding ortho intramolecular Hbond substituents is 1. The molecule has 188 valence electrons. The maximum absolute atomic E-state index is 13.0. The van der Waals surface area contributed by atoms with Crippen molar-refractivity contribution in [3.05, 3.63) is 47.1 Å². The fraction of sp³-hybridized carbons (Fsp3) is 0.621. The van der Waals surface area contributed by atoms with Crippen molar-refractivity contribution >= 4 is 6.09 Å². The Morgan fingerprint density at radius 3 is 2.65 bits per heavy atom. The number of aryl methyl sites for hydroxylation is 1. The van der Waals surface area contributed by atoms with Crippen LogP contribution < -0.4 is 10.1 Å². The average molecular weight is 469 g/mol.